The fourth-order valence-corrected chi connectivity index (χ4v) is 2.28. The Kier molecular flexibility index (Phi) is 4.51. The van der Waals surface area contributed by atoms with E-state index in [-0.39, 0.29) is 5.76 Å². The molecule has 1 aromatic heterocycles. The maximum Gasteiger partial charge on any atom is 0.322 e. The maximum absolute atomic E-state index is 12.3. The Morgan fingerprint density at radius 3 is 2.48 bits per heavy atom. The Morgan fingerprint density at radius 2 is 1.88 bits per heavy atom. The number of rotatable bonds is 6. The number of amides is 2. The number of benzene rings is 1. The molecule has 3 rings (SSSR count). The van der Waals surface area contributed by atoms with Crippen LogP contribution in [0.4, 0.5) is 5.69 Å². The fourth-order valence-electron chi connectivity index (χ4n) is 2.28. The zero-order valence-electron chi connectivity index (χ0n) is 13.5. The quantitative estimate of drug-likeness (QED) is 0.737. The number of carbonyl (C=O) groups excluding carboxylic acids is 2. The Hall–Kier alpha value is -3.16. The summed E-state index contributed by atoms with van der Waals surface area (Å²) in [6.07, 6.45) is 2.07. The maximum atomic E-state index is 12.3. The number of aromatic nitrogens is 1. The molecule has 0 aliphatic heterocycles. The highest BCUT2D eigenvalue weighted by Gasteiger charge is 2.30. The summed E-state index contributed by atoms with van der Waals surface area (Å²) in [5.74, 6) is -0.909. The van der Waals surface area contributed by atoms with Crippen LogP contribution in [0.3, 0.4) is 0 Å². The summed E-state index contributed by atoms with van der Waals surface area (Å²) in [4.78, 5) is 38.8. The van der Waals surface area contributed by atoms with Crippen LogP contribution in [0.1, 0.15) is 51.3 Å². The molecule has 0 spiro atoms. The number of aryl methyl sites for hydroxylation is 1. The van der Waals surface area contributed by atoms with Crippen molar-refractivity contribution in [3.05, 3.63) is 47.2 Å². The van der Waals surface area contributed by atoms with Gasteiger partial charge in [-0.25, -0.2) is 4.98 Å². The summed E-state index contributed by atoms with van der Waals surface area (Å²) in [6.45, 7) is 1.27. The summed E-state index contributed by atoms with van der Waals surface area (Å²) in [7, 11) is 0. The van der Waals surface area contributed by atoms with Gasteiger partial charge in [-0.3, -0.25) is 14.4 Å². The number of carbonyl (C=O) groups is 3. The first-order valence-electron chi connectivity index (χ1n) is 7.83. The molecule has 0 atom stereocenters. The number of hydrogen-bond acceptors (Lipinski definition) is 5. The van der Waals surface area contributed by atoms with Crippen molar-refractivity contribution in [3.8, 4) is 0 Å². The molecule has 1 aromatic carbocycles. The van der Waals surface area contributed by atoms with Gasteiger partial charge in [0.15, 0.2) is 5.89 Å². The number of carboxylic acid groups (broad SMARTS) is 1. The fraction of sp³-hybridized carbons (Fsp3) is 0.294. The van der Waals surface area contributed by atoms with Crippen LogP contribution in [0, 0.1) is 6.92 Å². The molecule has 25 heavy (non-hydrogen) atoms. The van der Waals surface area contributed by atoms with E-state index in [0.29, 0.717) is 28.8 Å². The molecule has 1 saturated carbocycles. The van der Waals surface area contributed by atoms with Gasteiger partial charge in [0.1, 0.15) is 6.54 Å². The smallest absolute Gasteiger partial charge is 0.322 e. The van der Waals surface area contributed by atoms with Gasteiger partial charge in [0.25, 0.3) is 11.8 Å². The largest absolute Gasteiger partial charge is 0.480 e. The molecule has 2 amide bonds. The van der Waals surface area contributed by atoms with Crippen LogP contribution < -0.4 is 10.6 Å². The molecule has 0 bridgehead atoms. The highest BCUT2D eigenvalue weighted by molar-refractivity contribution is 6.03. The van der Waals surface area contributed by atoms with Crippen molar-refractivity contribution in [2.45, 2.75) is 25.7 Å². The number of nitrogens with one attached hydrogen (secondary N) is 2. The van der Waals surface area contributed by atoms with Gasteiger partial charge in [-0.15, -0.1) is 0 Å². The Morgan fingerprint density at radius 1 is 1.20 bits per heavy atom. The molecule has 1 heterocycles. The molecular weight excluding hydrogens is 326 g/mol. The van der Waals surface area contributed by atoms with Crippen molar-refractivity contribution in [2.24, 2.45) is 0 Å². The number of hydrogen-bond donors (Lipinski definition) is 3. The molecule has 8 heteroatoms. The molecule has 0 saturated heterocycles. The van der Waals surface area contributed by atoms with Crippen molar-refractivity contribution in [3.63, 3.8) is 0 Å². The van der Waals surface area contributed by atoms with Crippen LogP contribution in [0.25, 0.3) is 0 Å². The predicted octanol–water partition coefficient (Wildman–Crippen LogP) is 1.93. The van der Waals surface area contributed by atoms with Crippen molar-refractivity contribution < 1.29 is 23.9 Å². The topological polar surface area (TPSA) is 122 Å². The Bertz CT molecular complexity index is 821. The van der Waals surface area contributed by atoms with Crippen LogP contribution in [-0.4, -0.2) is 34.4 Å². The van der Waals surface area contributed by atoms with Crippen LogP contribution in [-0.2, 0) is 4.79 Å². The minimum absolute atomic E-state index is 0.185. The van der Waals surface area contributed by atoms with Crippen molar-refractivity contribution in [2.75, 3.05) is 11.9 Å². The van der Waals surface area contributed by atoms with E-state index in [0.717, 1.165) is 12.8 Å². The first kappa shape index (κ1) is 16.7. The van der Waals surface area contributed by atoms with Crippen molar-refractivity contribution >= 4 is 23.5 Å². The third-order valence-corrected chi connectivity index (χ3v) is 3.75. The lowest BCUT2D eigenvalue weighted by Gasteiger charge is -2.06. The van der Waals surface area contributed by atoms with E-state index < -0.39 is 24.3 Å². The van der Waals surface area contributed by atoms with Crippen LogP contribution in [0.2, 0.25) is 0 Å². The van der Waals surface area contributed by atoms with E-state index in [2.05, 4.69) is 15.6 Å². The molecule has 1 aliphatic rings. The lowest BCUT2D eigenvalue weighted by atomic mass is 10.2. The minimum Gasteiger partial charge on any atom is -0.480 e. The third-order valence-electron chi connectivity index (χ3n) is 3.75. The second-order valence-corrected chi connectivity index (χ2v) is 5.85. The monoisotopic (exact) mass is 343 g/mol. The molecule has 2 aromatic rings. The van der Waals surface area contributed by atoms with Gasteiger partial charge in [0.2, 0.25) is 5.76 Å². The molecule has 3 N–H and O–H groups in total. The summed E-state index contributed by atoms with van der Waals surface area (Å²) in [5.41, 5.74) is 1.33. The average molecular weight is 343 g/mol. The second-order valence-electron chi connectivity index (χ2n) is 5.85. The average Bonchev–Trinajstić information content (AvgIpc) is 3.35. The predicted molar refractivity (Wildman–Crippen MR) is 87.6 cm³/mol. The minimum atomic E-state index is -1.12. The summed E-state index contributed by atoms with van der Waals surface area (Å²) in [6, 6.07) is 6.10. The second kappa shape index (κ2) is 6.76. The van der Waals surface area contributed by atoms with Gasteiger partial charge in [-0.2, -0.15) is 0 Å². The first-order valence-corrected chi connectivity index (χ1v) is 7.83. The van der Waals surface area contributed by atoms with E-state index in [1.807, 2.05) is 0 Å². The Labute approximate surface area is 143 Å². The summed E-state index contributed by atoms with van der Waals surface area (Å²) >= 11 is 0. The third kappa shape index (κ3) is 4.03. The normalized spacial score (nSPS) is 13.3. The highest BCUT2D eigenvalue weighted by atomic mass is 16.4. The van der Waals surface area contributed by atoms with Crippen molar-refractivity contribution in [1.29, 1.82) is 0 Å². The first-order chi connectivity index (χ1) is 11.9. The van der Waals surface area contributed by atoms with Crippen LogP contribution >= 0.6 is 0 Å². The van der Waals surface area contributed by atoms with Crippen molar-refractivity contribution in [1.82, 2.24) is 10.3 Å². The number of aliphatic carboxylic acids is 1. The molecule has 0 unspecified atom stereocenters. The van der Waals surface area contributed by atoms with E-state index in [4.69, 9.17) is 9.52 Å². The van der Waals surface area contributed by atoms with Gasteiger partial charge in [0, 0.05) is 17.2 Å². The lowest BCUT2D eigenvalue weighted by Crippen LogP contribution is -2.29. The molecule has 1 fully saturated rings. The van der Waals surface area contributed by atoms with Gasteiger partial charge in [0.05, 0.1) is 5.69 Å². The zero-order chi connectivity index (χ0) is 18.0. The van der Waals surface area contributed by atoms with Gasteiger partial charge in [-0.1, -0.05) is 0 Å². The SMILES string of the molecule is Cc1nc(C2CC2)oc1C(=O)Nc1ccc(C(=O)NCC(=O)O)cc1. The van der Waals surface area contributed by atoms with Gasteiger partial charge in [-0.05, 0) is 44.0 Å². The Balaban J connectivity index is 1.63. The molecular formula is C17H17N3O5. The number of anilines is 1. The molecule has 1 aliphatic carbocycles. The highest BCUT2D eigenvalue weighted by Crippen LogP contribution is 2.40. The number of nitrogens with zero attached hydrogens (tertiary/aromatic N) is 1. The molecule has 0 radical (unpaired) electrons. The van der Waals surface area contributed by atoms with E-state index >= 15 is 0 Å². The van der Waals surface area contributed by atoms with Gasteiger partial charge < -0.3 is 20.2 Å². The summed E-state index contributed by atoms with van der Waals surface area (Å²) < 4.78 is 5.55. The molecule has 130 valence electrons. The summed E-state index contributed by atoms with van der Waals surface area (Å²) in [5, 5.41) is 13.5. The van der Waals surface area contributed by atoms with E-state index in [9.17, 15) is 14.4 Å². The zero-order valence-corrected chi connectivity index (χ0v) is 13.5. The van der Waals surface area contributed by atoms with E-state index in [1.54, 1.807) is 19.1 Å². The molecule has 8 nitrogen and oxygen atoms in total. The van der Waals surface area contributed by atoms with E-state index in [1.165, 1.54) is 12.1 Å². The van der Waals surface area contributed by atoms with Crippen LogP contribution in [0.5, 0.6) is 0 Å². The number of carboxylic acids is 1. The van der Waals surface area contributed by atoms with Crippen LogP contribution in [0.15, 0.2) is 28.7 Å². The standard InChI is InChI=1S/C17H17N3O5/c1-9-14(25-17(19-9)11-2-3-11)16(24)20-12-6-4-10(5-7-12)15(23)18-8-13(21)22/h4-7,11H,2-3,8H2,1H3,(H,18,23)(H,20,24)(H,21,22). The van der Waals surface area contributed by atoms with Gasteiger partial charge >= 0.3 is 5.97 Å². The number of oxazole rings is 1. The lowest BCUT2D eigenvalue weighted by molar-refractivity contribution is -0.135.